The van der Waals surface area contributed by atoms with E-state index >= 15 is 0 Å². The van der Waals surface area contributed by atoms with Crippen LogP contribution in [0.2, 0.25) is 0 Å². The first-order chi connectivity index (χ1) is 16.2. The van der Waals surface area contributed by atoms with Crippen molar-refractivity contribution >= 4 is 57.5 Å². The summed E-state index contributed by atoms with van der Waals surface area (Å²) in [5.74, 6) is -0.391. The largest absolute Gasteiger partial charge is 0.416 e. The van der Waals surface area contributed by atoms with Gasteiger partial charge in [0.05, 0.1) is 11.7 Å². The van der Waals surface area contributed by atoms with E-state index in [0.717, 1.165) is 23.7 Å². The second kappa shape index (κ2) is 9.91. The lowest BCUT2D eigenvalue weighted by Crippen LogP contribution is -2.23. The average Bonchev–Trinajstić information content (AvgIpc) is 3.46. The highest BCUT2D eigenvalue weighted by atomic mass is 32.1. The van der Waals surface area contributed by atoms with Crippen molar-refractivity contribution in [2.24, 2.45) is 0 Å². The van der Waals surface area contributed by atoms with Gasteiger partial charge in [0.15, 0.2) is 10.8 Å². The van der Waals surface area contributed by atoms with Crippen molar-refractivity contribution in [1.82, 2.24) is 9.59 Å². The zero-order chi connectivity index (χ0) is 24.3. The van der Waals surface area contributed by atoms with E-state index < -0.39 is 23.8 Å². The Morgan fingerprint density at radius 1 is 1.09 bits per heavy atom. The molecule has 3 aromatic rings. The van der Waals surface area contributed by atoms with E-state index in [9.17, 15) is 23.1 Å². The van der Waals surface area contributed by atoms with Crippen molar-refractivity contribution in [1.29, 1.82) is 0 Å². The van der Waals surface area contributed by atoms with Crippen LogP contribution >= 0.6 is 23.8 Å². The van der Waals surface area contributed by atoms with Crippen LogP contribution < -0.4 is 20.9 Å². The van der Waals surface area contributed by atoms with Crippen LogP contribution in [0.3, 0.4) is 0 Å². The minimum atomic E-state index is -4.53. The van der Waals surface area contributed by atoms with Crippen molar-refractivity contribution in [3.63, 3.8) is 0 Å². The molecule has 13 heteroatoms. The Morgan fingerprint density at radius 2 is 1.76 bits per heavy atom. The van der Waals surface area contributed by atoms with Crippen molar-refractivity contribution < 1.29 is 23.1 Å². The van der Waals surface area contributed by atoms with Gasteiger partial charge in [-0.1, -0.05) is 4.49 Å². The fourth-order valence-electron chi connectivity index (χ4n) is 3.39. The van der Waals surface area contributed by atoms with Gasteiger partial charge in [-0.05, 0) is 72.6 Å². The molecule has 1 amide bonds. The topological polar surface area (TPSA) is 102 Å². The number of thiocarbonyl (C=S) groups is 1. The van der Waals surface area contributed by atoms with Gasteiger partial charge in [0.2, 0.25) is 0 Å². The summed E-state index contributed by atoms with van der Waals surface area (Å²) >= 11 is 6.34. The maximum absolute atomic E-state index is 13.4. The van der Waals surface area contributed by atoms with Crippen LogP contribution in [-0.4, -0.2) is 44.9 Å². The summed E-state index contributed by atoms with van der Waals surface area (Å²) in [4.78, 5) is 13.7. The molecule has 8 nitrogen and oxygen atoms in total. The predicted octanol–water partition coefficient (Wildman–Crippen LogP) is 4.19. The van der Waals surface area contributed by atoms with Gasteiger partial charge < -0.3 is 26.0 Å². The molecule has 1 fully saturated rings. The number of aromatic nitrogens is 2. The molecule has 1 aliphatic heterocycles. The summed E-state index contributed by atoms with van der Waals surface area (Å²) in [6, 6.07) is 10.2. The summed E-state index contributed by atoms with van der Waals surface area (Å²) in [5, 5.41) is 23.4. The standard InChI is InChI=1S/C21H19F3N6O2S2/c22-21(23,24)12-7-15(9-16(8-12)30-6-5-17(31)10-30)27-20(33)26-14-3-1-13(2-4-14)25-19(32)18-11-34-29-28-18/h1-4,7-9,11,17,31H,5-6,10H2,(H,25,32)(H2,26,27,33). The summed E-state index contributed by atoms with van der Waals surface area (Å²) < 4.78 is 43.9. The van der Waals surface area contributed by atoms with Crippen LogP contribution in [0, 0.1) is 0 Å². The number of amides is 1. The van der Waals surface area contributed by atoms with Crippen LogP contribution in [0.15, 0.2) is 47.8 Å². The highest BCUT2D eigenvalue weighted by Gasteiger charge is 2.32. The Morgan fingerprint density at radius 3 is 2.35 bits per heavy atom. The number of rotatable bonds is 5. The van der Waals surface area contributed by atoms with E-state index in [1.807, 2.05) is 0 Å². The maximum Gasteiger partial charge on any atom is 0.416 e. The van der Waals surface area contributed by atoms with E-state index in [2.05, 4.69) is 25.5 Å². The number of nitrogens with zero attached hydrogens (tertiary/aromatic N) is 3. The molecule has 2 aromatic carbocycles. The van der Waals surface area contributed by atoms with Gasteiger partial charge >= 0.3 is 6.18 Å². The molecule has 1 saturated heterocycles. The minimum absolute atomic E-state index is 0.0945. The average molecular weight is 509 g/mol. The number of aliphatic hydroxyl groups excluding tert-OH is 1. The molecule has 4 N–H and O–H groups in total. The Kier molecular flexibility index (Phi) is 6.95. The molecule has 178 valence electrons. The summed E-state index contributed by atoms with van der Waals surface area (Å²) in [6.45, 7) is 0.734. The van der Waals surface area contributed by atoms with Gasteiger partial charge in [-0.15, -0.1) is 5.10 Å². The zero-order valence-electron chi connectivity index (χ0n) is 17.5. The van der Waals surface area contributed by atoms with Crippen LogP contribution in [0.5, 0.6) is 0 Å². The lowest BCUT2D eigenvalue weighted by atomic mass is 10.1. The zero-order valence-corrected chi connectivity index (χ0v) is 19.1. The number of aliphatic hydroxyl groups is 1. The lowest BCUT2D eigenvalue weighted by molar-refractivity contribution is -0.137. The monoisotopic (exact) mass is 508 g/mol. The molecular weight excluding hydrogens is 489 g/mol. The van der Waals surface area contributed by atoms with Crippen LogP contribution in [0.25, 0.3) is 0 Å². The summed E-state index contributed by atoms with van der Waals surface area (Å²) in [6.07, 6.45) is -4.61. The number of halogens is 3. The molecule has 1 atom stereocenters. The van der Waals surface area contributed by atoms with Gasteiger partial charge in [-0.25, -0.2) is 0 Å². The number of anilines is 4. The van der Waals surface area contributed by atoms with Gasteiger partial charge in [-0.2, -0.15) is 13.2 Å². The highest BCUT2D eigenvalue weighted by Crippen LogP contribution is 2.35. The Balaban J connectivity index is 1.42. The third-order valence-electron chi connectivity index (χ3n) is 5.02. The smallest absolute Gasteiger partial charge is 0.391 e. The van der Waals surface area contributed by atoms with Gasteiger partial charge in [0.1, 0.15) is 0 Å². The number of hydrogen-bond donors (Lipinski definition) is 4. The van der Waals surface area contributed by atoms with Crippen LogP contribution in [0.1, 0.15) is 22.5 Å². The van der Waals surface area contributed by atoms with E-state index in [-0.39, 0.29) is 23.0 Å². The van der Waals surface area contributed by atoms with E-state index in [1.54, 1.807) is 35.2 Å². The number of carbonyl (C=O) groups excluding carboxylic acids is 1. The lowest BCUT2D eigenvalue weighted by Gasteiger charge is -2.21. The third kappa shape index (κ3) is 5.98. The number of nitrogens with one attached hydrogen (secondary N) is 3. The van der Waals surface area contributed by atoms with Crippen molar-refractivity contribution in [2.75, 3.05) is 33.9 Å². The van der Waals surface area contributed by atoms with Gasteiger partial charge in [-0.3, -0.25) is 4.79 Å². The van der Waals surface area contributed by atoms with Gasteiger partial charge in [0.25, 0.3) is 5.91 Å². The van der Waals surface area contributed by atoms with E-state index in [4.69, 9.17) is 12.2 Å². The Labute approximate surface area is 202 Å². The number of hydrogen-bond acceptors (Lipinski definition) is 7. The minimum Gasteiger partial charge on any atom is -0.391 e. The first kappa shape index (κ1) is 23.9. The second-order valence-electron chi connectivity index (χ2n) is 7.56. The molecule has 0 radical (unpaired) electrons. The van der Waals surface area contributed by atoms with Gasteiger partial charge in [0, 0.05) is 41.2 Å². The first-order valence-electron chi connectivity index (χ1n) is 10.1. The molecule has 1 aliphatic rings. The Hall–Kier alpha value is -3.29. The van der Waals surface area contributed by atoms with Crippen LogP contribution in [0.4, 0.5) is 35.9 Å². The fraction of sp³-hybridized carbons (Fsp3) is 0.238. The molecule has 34 heavy (non-hydrogen) atoms. The van der Waals surface area contributed by atoms with Crippen molar-refractivity contribution in [3.8, 4) is 0 Å². The van der Waals surface area contributed by atoms with E-state index in [1.165, 1.54) is 5.38 Å². The second-order valence-corrected chi connectivity index (χ2v) is 8.57. The van der Waals surface area contributed by atoms with Crippen molar-refractivity contribution in [2.45, 2.75) is 18.7 Å². The number of alkyl halides is 3. The number of carbonyl (C=O) groups is 1. The predicted molar refractivity (Wildman–Crippen MR) is 128 cm³/mol. The van der Waals surface area contributed by atoms with Crippen molar-refractivity contribution in [3.05, 3.63) is 59.1 Å². The summed E-state index contributed by atoms with van der Waals surface area (Å²) in [5.41, 5.74) is 1.02. The fourth-order valence-corrected chi connectivity index (χ4v) is 4.07. The molecule has 0 spiro atoms. The SMILES string of the molecule is O=C(Nc1ccc(NC(=S)Nc2cc(N3CCC(O)C3)cc(C(F)(F)F)c2)cc1)c1csnn1. The number of benzene rings is 2. The molecule has 2 heterocycles. The third-order valence-corrected chi connectivity index (χ3v) is 5.73. The highest BCUT2D eigenvalue weighted by molar-refractivity contribution is 7.80. The first-order valence-corrected chi connectivity index (χ1v) is 11.3. The quantitative estimate of drug-likeness (QED) is 0.381. The summed E-state index contributed by atoms with van der Waals surface area (Å²) in [7, 11) is 0. The number of β-amino-alcohol motifs (C(OH)–C–C–N with tert-alkyl or cyclic N) is 1. The maximum atomic E-state index is 13.4. The van der Waals surface area contributed by atoms with E-state index in [0.29, 0.717) is 30.0 Å². The molecule has 0 bridgehead atoms. The molecule has 0 aliphatic carbocycles. The normalized spacial score (nSPS) is 15.8. The molecular formula is C21H19F3N6O2S2. The molecule has 4 rings (SSSR count). The van der Waals surface area contributed by atoms with Crippen LogP contribution in [-0.2, 0) is 6.18 Å². The Bertz CT molecular complexity index is 1170. The molecule has 1 unspecified atom stereocenters. The molecule has 1 aromatic heterocycles. The molecule has 0 saturated carbocycles.